The molecule has 0 aromatic rings. The van der Waals surface area contributed by atoms with E-state index in [9.17, 15) is 4.79 Å². The van der Waals surface area contributed by atoms with E-state index in [1.807, 2.05) is 25.7 Å². The maximum atomic E-state index is 11.9. The van der Waals surface area contributed by atoms with Crippen LogP contribution in [0.25, 0.3) is 0 Å². The number of rotatable bonds is 2. The molecule has 0 spiro atoms. The molecule has 1 saturated carbocycles. The van der Waals surface area contributed by atoms with Gasteiger partial charge in [-0.3, -0.25) is 0 Å². The predicted octanol–water partition coefficient (Wildman–Crippen LogP) is 1.47. The zero-order valence-electron chi connectivity index (χ0n) is 12.3. The normalized spacial score (nSPS) is 28.9. The highest BCUT2D eigenvalue weighted by Crippen LogP contribution is 2.21. The van der Waals surface area contributed by atoms with Crippen molar-refractivity contribution in [1.29, 1.82) is 0 Å². The molecule has 110 valence electrons. The molecule has 1 aliphatic carbocycles. The first kappa shape index (κ1) is 14.6. The van der Waals surface area contributed by atoms with Crippen LogP contribution >= 0.6 is 0 Å². The first-order valence-electron chi connectivity index (χ1n) is 7.33. The van der Waals surface area contributed by atoms with Crippen LogP contribution in [0.1, 0.15) is 46.5 Å². The highest BCUT2D eigenvalue weighted by atomic mass is 16.6. The molecule has 2 aliphatic rings. The molecule has 1 heterocycles. The molecular formula is C14H27N3O2. The van der Waals surface area contributed by atoms with Gasteiger partial charge in [-0.1, -0.05) is 0 Å². The fourth-order valence-corrected chi connectivity index (χ4v) is 2.69. The zero-order chi connectivity index (χ0) is 14.0. The molecule has 2 fully saturated rings. The number of piperidine rings is 1. The summed E-state index contributed by atoms with van der Waals surface area (Å²) in [5.74, 6) is 0. The van der Waals surface area contributed by atoms with Crippen LogP contribution in [0.2, 0.25) is 0 Å². The Balaban J connectivity index is 1.68. The largest absolute Gasteiger partial charge is 0.444 e. The maximum Gasteiger partial charge on any atom is 0.410 e. The van der Waals surface area contributed by atoms with Crippen molar-refractivity contribution in [2.24, 2.45) is 5.73 Å². The van der Waals surface area contributed by atoms with Crippen LogP contribution in [-0.4, -0.2) is 47.8 Å². The predicted molar refractivity (Wildman–Crippen MR) is 75.0 cm³/mol. The number of ether oxygens (including phenoxy) is 1. The highest BCUT2D eigenvalue weighted by Gasteiger charge is 2.31. The van der Waals surface area contributed by atoms with Gasteiger partial charge in [0.05, 0.1) is 0 Å². The Morgan fingerprint density at radius 2 is 1.79 bits per heavy atom. The van der Waals surface area contributed by atoms with Crippen molar-refractivity contribution in [3.05, 3.63) is 0 Å². The second kappa shape index (κ2) is 5.67. The van der Waals surface area contributed by atoms with Gasteiger partial charge in [0.15, 0.2) is 0 Å². The quantitative estimate of drug-likeness (QED) is 0.796. The van der Waals surface area contributed by atoms with E-state index in [1.54, 1.807) is 0 Å². The highest BCUT2D eigenvalue weighted by molar-refractivity contribution is 5.68. The summed E-state index contributed by atoms with van der Waals surface area (Å²) in [6.45, 7) is 7.27. The second-order valence-electron chi connectivity index (χ2n) is 6.84. The first-order valence-corrected chi connectivity index (χ1v) is 7.33. The molecule has 2 rings (SSSR count). The molecule has 1 saturated heterocycles. The summed E-state index contributed by atoms with van der Waals surface area (Å²) >= 11 is 0. The molecule has 0 unspecified atom stereocenters. The molecular weight excluding hydrogens is 242 g/mol. The van der Waals surface area contributed by atoms with Crippen molar-refractivity contribution in [2.75, 3.05) is 13.1 Å². The van der Waals surface area contributed by atoms with Crippen molar-refractivity contribution in [3.8, 4) is 0 Å². The number of hydrogen-bond donors (Lipinski definition) is 2. The molecule has 0 aromatic heterocycles. The van der Waals surface area contributed by atoms with Gasteiger partial charge in [0.2, 0.25) is 0 Å². The number of carbonyl (C=O) groups excluding carboxylic acids is 1. The van der Waals surface area contributed by atoms with Gasteiger partial charge in [0, 0.05) is 31.2 Å². The van der Waals surface area contributed by atoms with E-state index in [2.05, 4.69) is 5.32 Å². The summed E-state index contributed by atoms with van der Waals surface area (Å²) in [7, 11) is 0. The Morgan fingerprint density at radius 1 is 1.21 bits per heavy atom. The number of amides is 1. The minimum Gasteiger partial charge on any atom is -0.444 e. The number of nitrogens with zero attached hydrogens (tertiary/aromatic N) is 1. The topological polar surface area (TPSA) is 67.6 Å². The van der Waals surface area contributed by atoms with E-state index in [0.717, 1.165) is 38.8 Å². The van der Waals surface area contributed by atoms with E-state index in [0.29, 0.717) is 18.1 Å². The van der Waals surface area contributed by atoms with Gasteiger partial charge in [0.1, 0.15) is 5.60 Å². The van der Waals surface area contributed by atoms with Crippen LogP contribution in [0.4, 0.5) is 4.79 Å². The first-order chi connectivity index (χ1) is 8.83. The Labute approximate surface area is 115 Å². The van der Waals surface area contributed by atoms with Crippen molar-refractivity contribution >= 4 is 6.09 Å². The van der Waals surface area contributed by atoms with Crippen LogP contribution in [0.3, 0.4) is 0 Å². The molecule has 1 aliphatic heterocycles. The average Bonchev–Trinajstić information content (AvgIpc) is 2.25. The van der Waals surface area contributed by atoms with Crippen molar-refractivity contribution in [2.45, 2.75) is 70.2 Å². The van der Waals surface area contributed by atoms with Crippen molar-refractivity contribution in [1.82, 2.24) is 10.2 Å². The van der Waals surface area contributed by atoms with Gasteiger partial charge in [0.25, 0.3) is 0 Å². The average molecular weight is 269 g/mol. The number of likely N-dealkylation sites (tertiary alicyclic amines) is 1. The summed E-state index contributed by atoms with van der Waals surface area (Å²) in [6, 6.07) is 1.50. The van der Waals surface area contributed by atoms with Crippen LogP contribution in [0.5, 0.6) is 0 Å². The Hall–Kier alpha value is -0.810. The lowest BCUT2D eigenvalue weighted by Crippen LogP contribution is -2.54. The summed E-state index contributed by atoms with van der Waals surface area (Å²) in [5.41, 5.74) is 5.38. The third-order valence-electron chi connectivity index (χ3n) is 3.79. The third-order valence-corrected chi connectivity index (χ3v) is 3.79. The van der Waals surface area contributed by atoms with Gasteiger partial charge >= 0.3 is 6.09 Å². The van der Waals surface area contributed by atoms with E-state index in [1.165, 1.54) is 0 Å². The maximum absolute atomic E-state index is 11.9. The molecule has 0 atom stereocenters. The van der Waals surface area contributed by atoms with Gasteiger partial charge in [-0.15, -0.1) is 0 Å². The summed E-state index contributed by atoms with van der Waals surface area (Å²) < 4.78 is 5.39. The molecule has 5 heteroatoms. The number of carbonyl (C=O) groups is 1. The Bertz CT molecular complexity index is 313. The summed E-state index contributed by atoms with van der Waals surface area (Å²) in [5, 5.41) is 3.63. The molecule has 5 nitrogen and oxygen atoms in total. The van der Waals surface area contributed by atoms with Gasteiger partial charge in [-0.05, 0) is 46.5 Å². The minimum absolute atomic E-state index is 0.184. The molecule has 0 radical (unpaired) electrons. The van der Waals surface area contributed by atoms with E-state index < -0.39 is 5.60 Å². The molecule has 0 aromatic carbocycles. The number of nitrogens with one attached hydrogen (secondary N) is 1. The Morgan fingerprint density at radius 3 is 2.26 bits per heavy atom. The standard InChI is InChI=1S/C14H27N3O2/c1-14(2,3)19-13(18)17-6-4-11(5-7-17)16-12-8-10(15)9-12/h10-12,16H,4-9,15H2,1-3H3. The van der Waals surface area contributed by atoms with Gasteiger partial charge in [-0.2, -0.15) is 0 Å². The lowest BCUT2D eigenvalue weighted by molar-refractivity contribution is 0.0192. The molecule has 3 N–H and O–H groups in total. The SMILES string of the molecule is CC(C)(C)OC(=O)N1CCC(NC2CC(N)C2)CC1. The third kappa shape index (κ3) is 4.35. The smallest absolute Gasteiger partial charge is 0.410 e. The van der Waals surface area contributed by atoms with Crippen molar-refractivity contribution < 1.29 is 9.53 Å². The Kier molecular flexibility index (Phi) is 4.36. The lowest BCUT2D eigenvalue weighted by Gasteiger charge is -2.39. The molecule has 0 bridgehead atoms. The van der Waals surface area contributed by atoms with Gasteiger partial charge < -0.3 is 20.7 Å². The minimum atomic E-state index is -0.408. The van der Waals surface area contributed by atoms with Crippen LogP contribution < -0.4 is 11.1 Å². The number of hydrogen-bond acceptors (Lipinski definition) is 4. The zero-order valence-corrected chi connectivity index (χ0v) is 12.3. The fourth-order valence-electron chi connectivity index (χ4n) is 2.69. The summed E-state index contributed by atoms with van der Waals surface area (Å²) in [6.07, 6.45) is 4.01. The second-order valence-corrected chi connectivity index (χ2v) is 6.84. The van der Waals surface area contributed by atoms with Gasteiger partial charge in [-0.25, -0.2) is 4.79 Å². The fraction of sp³-hybridized carbons (Fsp3) is 0.929. The van der Waals surface area contributed by atoms with Crippen LogP contribution in [0, 0.1) is 0 Å². The summed E-state index contributed by atoms with van der Waals surface area (Å²) in [4.78, 5) is 13.7. The molecule has 1 amide bonds. The molecule has 19 heavy (non-hydrogen) atoms. The van der Waals surface area contributed by atoms with E-state index in [4.69, 9.17) is 10.5 Å². The number of nitrogens with two attached hydrogens (primary N) is 1. The lowest BCUT2D eigenvalue weighted by atomic mass is 9.86. The van der Waals surface area contributed by atoms with E-state index in [-0.39, 0.29) is 6.09 Å². The van der Waals surface area contributed by atoms with Crippen molar-refractivity contribution in [3.63, 3.8) is 0 Å². The van der Waals surface area contributed by atoms with Crippen LogP contribution in [-0.2, 0) is 4.74 Å². The monoisotopic (exact) mass is 269 g/mol. The van der Waals surface area contributed by atoms with E-state index >= 15 is 0 Å². The van der Waals surface area contributed by atoms with Crippen LogP contribution in [0.15, 0.2) is 0 Å².